The van der Waals surface area contributed by atoms with Crippen molar-refractivity contribution in [2.24, 2.45) is 12.5 Å². The van der Waals surface area contributed by atoms with Crippen molar-refractivity contribution in [2.45, 2.75) is 25.7 Å². The van der Waals surface area contributed by atoms with Crippen LogP contribution in [0.2, 0.25) is 0 Å². The Morgan fingerprint density at radius 3 is 2.35 bits per heavy atom. The Morgan fingerprint density at radius 1 is 0.975 bits per heavy atom. The highest BCUT2D eigenvalue weighted by molar-refractivity contribution is 7.22. The van der Waals surface area contributed by atoms with E-state index in [1.165, 1.54) is 23.5 Å². The number of nitrogens with zero attached hydrogens (tertiary/aromatic N) is 3. The standard InChI is InChI=1S/C31H26FN3O4S/c1-35-17-24(34-18-35)27-16-23-30(40-27)26(9-12-33-23)39-25-8-5-20(13-22(25)32)15-29(37)31(10-11-31)28(36)14-19-3-6-21(38-2)7-4-19/h3-9,12-13,16-18H,10-11,14-15H2,1-2H3. The molecular formula is C31H26FN3O4S. The molecule has 9 heteroatoms. The van der Waals surface area contributed by atoms with Crippen LogP contribution in [0.3, 0.4) is 0 Å². The van der Waals surface area contributed by atoms with Gasteiger partial charge in [0.25, 0.3) is 0 Å². The van der Waals surface area contributed by atoms with E-state index in [1.807, 2.05) is 36.0 Å². The first-order chi connectivity index (χ1) is 19.3. The maximum absolute atomic E-state index is 15.1. The fourth-order valence-electron chi connectivity index (χ4n) is 4.81. The van der Waals surface area contributed by atoms with Gasteiger partial charge in [-0.2, -0.15) is 0 Å². The Balaban J connectivity index is 1.15. The van der Waals surface area contributed by atoms with E-state index in [0.29, 0.717) is 29.9 Å². The van der Waals surface area contributed by atoms with E-state index in [0.717, 1.165) is 26.4 Å². The van der Waals surface area contributed by atoms with Gasteiger partial charge in [0, 0.05) is 38.3 Å². The molecule has 3 heterocycles. The normalized spacial score (nSPS) is 13.8. The van der Waals surface area contributed by atoms with Gasteiger partial charge in [0.2, 0.25) is 0 Å². The second-order valence-electron chi connectivity index (χ2n) is 10.1. The molecule has 0 saturated heterocycles. The largest absolute Gasteiger partial charge is 0.497 e. The van der Waals surface area contributed by atoms with E-state index >= 15 is 4.39 Å². The molecule has 0 aliphatic heterocycles. The summed E-state index contributed by atoms with van der Waals surface area (Å²) in [4.78, 5) is 36.0. The van der Waals surface area contributed by atoms with Crippen molar-refractivity contribution >= 4 is 33.1 Å². The number of carbonyl (C=O) groups is 2. The Kier molecular flexibility index (Phi) is 6.67. The minimum atomic E-state index is -0.974. The number of hydrogen-bond donors (Lipinski definition) is 0. The van der Waals surface area contributed by atoms with Crippen molar-refractivity contribution in [3.05, 3.63) is 90.3 Å². The lowest BCUT2D eigenvalue weighted by molar-refractivity contribution is -0.133. The van der Waals surface area contributed by atoms with Gasteiger partial charge >= 0.3 is 0 Å². The van der Waals surface area contributed by atoms with Crippen molar-refractivity contribution in [3.63, 3.8) is 0 Å². The SMILES string of the molecule is COc1ccc(CC(=O)C2(C(=O)Cc3ccc(Oc4ccnc5cc(-c6cn(C)cn6)sc45)c(F)c3)CC2)cc1. The first-order valence-electron chi connectivity index (χ1n) is 12.9. The number of benzene rings is 2. The zero-order valence-electron chi connectivity index (χ0n) is 22.0. The number of ketones is 2. The van der Waals surface area contributed by atoms with Gasteiger partial charge in [-0.1, -0.05) is 18.2 Å². The zero-order valence-corrected chi connectivity index (χ0v) is 22.8. The first-order valence-corrected chi connectivity index (χ1v) is 13.7. The van der Waals surface area contributed by atoms with Crippen LogP contribution in [0.25, 0.3) is 20.8 Å². The van der Waals surface area contributed by atoms with Crippen molar-refractivity contribution < 1.29 is 23.5 Å². The number of rotatable bonds is 10. The second-order valence-corrected chi connectivity index (χ2v) is 11.1. The van der Waals surface area contributed by atoms with Gasteiger partial charge in [-0.25, -0.2) is 9.37 Å². The molecule has 2 aromatic carbocycles. The number of pyridine rings is 1. The van der Waals surface area contributed by atoms with Crippen LogP contribution in [-0.2, 0) is 29.5 Å². The lowest BCUT2D eigenvalue weighted by Gasteiger charge is -2.14. The van der Waals surface area contributed by atoms with Gasteiger partial charge in [0.15, 0.2) is 23.1 Å². The summed E-state index contributed by atoms with van der Waals surface area (Å²) in [6, 6.07) is 15.4. The van der Waals surface area contributed by atoms with Gasteiger partial charge in [-0.15, -0.1) is 11.3 Å². The van der Waals surface area contributed by atoms with E-state index in [2.05, 4.69) is 9.97 Å². The molecule has 7 nitrogen and oxygen atoms in total. The maximum Gasteiger partial charge on any atom is 0.166 e. The second kappa shape index (κ2) is 10.3. The van der Waals surface area contributed by atoms with Gasteiger partial charge in [0.1, 0.15) is 11.5 Å². The van der Waals surface area contributed by atoms with Crippen LogP contribution in [0.5, 0.6) is 17.2 Å². The minimum Gasteiger partial charge on any atom is -0.497 e. The summed E-state index contributed by atoms with van der Waals surface area (Å²) in [6.45, 7) is 0. The highest BCUT2D eigenvalue weighted by Gasteiger charge is 2.54. The molecule has 6 rings (SSSR count). The molecule has 0 N–H and O–H groups in total. The zero-order chi connectivity index (χ0) is 27.9. The minimum absolute atomic E-state index is 0.0105. The lowest BCUT2D eigenvalue weighted by Crippen LogP contribution is -2.28. The lowest BCUT2D eigenvalue weighted by atomic mass is 9.88. The smallest absolute Gasteiger partial charge is 0.166 e. The molecule has 0 unspecified atom stereocenters. The van der Waals surface area contributed by atoms with Crippen molar-refractivity contribution in [1.82, 2.24) is 14.5 Å². The molecule has 1 saturated carbocycles. The number of carbonyl (C=O) groups excluding carboxylic acids is 2. The third-order valence-electron chi connectivity index (χ3n) is 7.26. The molecule has 0 spiro atoms. The molecule has 202 valence electrons. The Bertz CT molecular complexity index is 1740. The molecule has 3 aromatic heterocycles. The first kappa shape index (κ1) is 25.9. The number of ether oxygens (including phenoxy) is 2. The van der Waals surface area contributed by atoms with Crippen molar-refractivity contribution in [3.8, 4) is 27.8 Å². The van der Waals surface area contributed by atoms with Gasteiger partial charge in [0.05, 0.1) is 39.6 Å². The highest BCUT2D eigenvalue weighted by atomic mass is 32.1. The molecule has 1 aliphatic carbocycles. The van der Waals surface area contributed by atoms with E-state index in [9.17, 15) is 9.59 Å². The van der Waals surface area contributed by atoms with Crippen LogP contribution < -0.4 is 9.47 Å². The molecule has 0 radical (unpaired) electrons. The van der Waals surface area contributed by atoms with Crippen molar-refractivity contribution in [2.75, 3.05) is 7.11 Å². The predicted molar refractivity (Wildman–Crippen MR) is 150 cm³/mol. The number of aromatic nitrogens is 3. The van der Waals surface area contributed by atoms with Crippen molar-refractivity contribution in [1.29, 1.82) is 0 Å². The monoisotopic (exact) mass is 555 g/mol. The summed E-state index contributed by atoms with van der Waals surface area (Å²) in [5.41, 5.74) is 1.93. The van der Waals surface area contributed by atoms with Crippen LogP contribution in [-0.4, -0.2) is 33.2 Å². The Labute approximate surface area is 234 Å². The molecule has 1 fully saturated rings. The van der Waals surface area contributed by atoms with Gasteiger partial charge in [-0.3, -0.25) is 14.6 Å². The quantitative estimate of drug-likeness (QED) is 0.187. The van der Waals surface area contributed by atoms with Gasteiger partial charge in [-0.05, 0) is 54.3 Å². The summed E-state index contributed by atoms with van der Waals surface area (Å²) >= 11 is 1.47. The van der Waals surface area contributed by atoms with E-state index in [1.54, 1.807) is 43.9 Å². The third-order valence-corrected chi connectivity index (χ3v) is 8.42. The van der Waals surface area contributed by atoms with Crippen LogP contribution in [0, 0.1) is 11.2 Å². The van der Waals surface area contributed by atoms with Crippen LogP contribution in [0.1, 0.15) is 24.0 Å². The van der Waals surface area contributed by atoms with Crippen LogP contribution >= 0.6 is 11.3 Å². The summed E-state index contributed by atoms with van der Waals surface area (Å²) in [7, 11) is 3.49. The molecule has 1 aliphatic rings. The van der Waals surface area contributed by atoms with Crippen LogP contribution in [0.15, 0.2) is 73.3 Å². The maximum atomic E-state index is 15.1. The number of methoxy groups -OCH3 is 1. The molecule has 0 bridgehead atoms. The summed E-state index contributed by atoms with van der Waals surface area (Å²) in [5.74, 6) is 0.405. The number of thiophene rings is 1. The summed E-state index contributed by atoms with van der Waals surface area (Å²) in [5, 5.41) is 0. The van der Waals surface area contributed by atoms with Gasteiger partial charge < -0.3 is 14.0 Å². The third kappa shape index (κ3) is 5.00. The average Bonchev–Trinajstić information content (AvgIpc) is 3.47. The highest BCUT2D eigenvalue weighted by Crippen LogP contribution is 2.49. The van der Waals surface area contributed by atoms with Crippen LogP contribution in [0.4, 0.5) is 4.39 Å². The molecule has 40 heavy (non-hydrogen) atoms. The number of fused-ring (bicyclic) bond motifs is 1. The fourth-order valence-corrected chi connectivity index (χ4v) is 5.83. The van der Waals surface area contributed by atoms with E-state index < -0.39 is 11.2 Å². The average molecular weight is 556 g/mol. The molecule has 0 amide bonds. The topological polar surface area (TPSA) is 83.3 Å². The number of aryl methyl sites for hydroxylation is 1. The predicted octanol–water partition coefficient (Wildman–Crippen LogP) is 6.34. The summed E-state index contributed by atoms with van der Waals surface area (Å²) < 4.78 is 28.9. The number of Topliss-reactive ketones (excluding diaryl/α,β-unsaturated/α-hetero) is 2. The number of halogens is 1. The van der Waals surface area contributed by atoms with E-state index in [4.69, 9.17) is 9.47 Å². The molecule has 0 atom stereocenters. The molecule has 5 aromatic rings. The Hall–Kier alpha value is -4.37. The molecular weight excluding hydrogens is 529 g/mol. The fraction of sp³-hybridized carbons (Fsp3) is 0.226. The number of imidazole rings is 1. The van der Waals surface area contributed by atoms with E-state index in [-0.39, 0.29) is 30.2 Å². The Morgan fingerprint density at radius 2 is 1.70 bits per heavy atom. The number of hydrogen-bond acceptors (Lipinski definition) is 7. The summed E-state index contributed by atoms with van der Waals surface area (Å²) in [6.07, 6.45) is 6.51.